The lowest BCUT2D eigenvalue weighted by Gasteiger charge is -2.24. The Morgan fingerprint density at radius 2 is 1.96 bits per heavy atom. The smallest absolute Gasteiger partial charge is 0.272 e. The van der Waals surface area contributed by atoms with E-state index in [1.165, 1.54) is 12.1 Å². The third kappa shape index (κ3) is 4.23. The number of likely N-dealkylation sites (N-methyl/N-ethyl adjacent to an activating group) is 1. The quantitative estimate of drug-likeness (QED) is 0.788. The van der Waals surface area contributed by atoms with Crippen LogP contribution in [-0.2, 0) is 5.54 Å². The van der Waals surface area contributed by atoms with E-state index in [4.69, 9.17) is 4.74 Å². The first kappa shape index (κ1) is 18.4. The number of rotatable bonds is 6. The number of hydrogen-bond donors (Lipinski definition) is 0. The molecule has 1 aliphatic carbocycles. The average molecular weight is 359 g/mol. The Balaban J connectivity index is 1.65. The molecule has 1 aromatic heterocycles. The lowest BCUT2D eigenvalue weighted by atomic mass is 10.1. The van der Waals surface area contributed by atoms with E-state index < -0.39 is 0 Å². The summed E-state index contributed by atoms with van der Waals surface area (Å²) in [5.74, 6) is 0.717. The summed E-state index contributed by atoms with van der Waals surface area (Å²) in [6, 6.07) is 7.79. The molecule has 0 atom stereocenters. The Labute approximate surface area is 153 Å². The summed E-state index contributed by atoms with van der Waals surface area (Å²) in [7, 11) is 1.76. The molecule has 6 heteroatoms. The predicted molar refractivity (Wildman–Crippen MR) is 98.1 cm³/mol. The summed E-state index contributed by atoms with van der Waals surface area (Å²) in [5.41, 5.74) is 1.37. The number of nitrogens with zero attached hydrogens (tertiary/aromatic N) is 3. The Morgan fingerprint density at radius 1 is 1.31 bits per heavy atom. The highest BCUT2D eigenvalue weighted by molar-refractivity contribution is 5.92. The van der Waals surface area contributed by atoms with Crippen LogP contribution >= 0.6 is 0 Å². The zero-order valence-corrected chi connectivity index (χ0v) is 15.8. The molecule has 0 radical (unpaired) electrons. The molecule has 1 aliphatic rings. The van der Waals surface area contributed by atoms with Crippen LogP contribution in [0.15, 0.2) is 30.3 Å². The van der Waals surface area contributed by atoms with E-state index in [9.17, 15) is 9.18 Å². The van der Waals surface area contributed by atoms with Gasteiger partial charge in [0, 0.05) is 13.0 Å². The third-order valence-electron chi connectivity index (χ3n) is 4.43. The van der Waals surface area contributed by atoms with Crippen molar-refractivity contribution in [2.45, 2.75) is 45.1 Å². The van der Waals surface area contributed by atoms with Crippen LogP contribution in [0, 0.1) is 5.82 Å². The summed E-state index contributed by atoms with van der Waals surface area (Å²) >= 11 is 0. The van der Waals surface area contributed by atoms with Crippen molar-refractivity contribution in [3.8, 4) is 5.75 Å². The predicted octanol–water partition coefficient (Wildman–Crippen LogP) is 3.81. The number of amides is 1. The molecule has 26 heavy (non-hydrogen) atoms. The van der Waals surface area contributed by atoms with Gasteiger partial charge in [0.05, 0.1) is 17.8 Å². The summed E-state index contributed by atoms with van der Waals surface area (Å²) < 4.78 is 20.3. The fourth-order valence-corrected chi connectivity index (χ4v) is 2.77. The molecule has 0 saturated heterocycles. The molecule has 1 saturated carbocycles. The molecule has 140 valence electrons. The highest BCUT2D eigenvalue weighted by Gasteiger charge is 2.32. The van der Waals surface area contributed by atoms with Gasteiger partial charge in [0.1, 0.15) is 23.9 Å². The third-order valence-corrected chi connectivity index (χ3v) is 4.43. The van der Waals surface area contributed by atoms with Crippen molar-refractivity contribution < 1.29 is 13.9 Å². The maximum absolute atomic E-state index is 12.9. The molecule has 1 amide bonds. The molecule has 5 nitrogen and oxygen atoms in total. The van der Waals surface area contributed by atoms with E-state index >= 15 is 0 Å². The van der Waals surface area contributed by atoms with Gasteiger partial charge in [-0.05, 0) is 63.9 Å². The molecule has 0 aliphatic heterocycles. The fourth-order valence-electron chi connectivity index (χ4n) is 2.77. The van der Waals surface area contributed by atoms with Gasteiger partial charge in [0.2, 0.25) is 0 Å². The molecule has 1 aromatic carbocycles. The Bertz CT molecular complexity index is 773. The van der Waals surface area contributed by atoms with E-state index in [0.717, 1.165) is 18.5 Å². The van der Waals surface area contributed by atoms with Gasteiger partial charge in [-0.2, -0.15) is 5.10 Å². The number of ether oxygens (including phenoxy) is 1. The summed E-state index contributed by atoms with van der Waals surface area (Å²) in [6.07, 6.45) is 2.30. The van der Waals surface area contributed by atoms with Crippen molar-refractivity contribution in [2.24, 2.45) is 0 Å². The molecule has 1 heterocycles. The normalized spacial score (nSPS) is 14.3. The SMILES string of the molecule is CN(CCOc1ccc(F)cc1)C(=O)c1cc(C2CC2)nn1C(C)(C)C. The van der Waals surface area contributed by atoms with Crippen LogP contribution in [0.5, 0.6) is 5.75 Å². The van der Waals surface area contributed by atoms with Crippen LogP contribution in [0.2, 0.25) is 0 Å². The minimum absolute atomic E-state index is 0.0676. The molecule has 0 unspecified atom stereocenters. The topological polar surface area (TPSA) is 47.4 Å². The Kier molecular flexibility index (Phi) is 5.03. The average Bonchev–Trinajstić information content (AvgIpc) is 3.33. The first-order valence-corrected chi connectivity index (χ1v) is 9.00. The highest BCUT2D eigenvalue weighted by Crippen LogP contribution is 2.40. The van der Waals surface area contributed by atoms with Gasteiger partial charge in [0.15, 0.2) is 0 Å². The zero-order chi connectivity index (χ0) is 18.9. The van der Waals surface area contributed by atoms with Gasteiger partial charge in [-0.25, -0.2) is 4.39 Å². The number of hydrogen-bond acceptors (Lipinski definition) is 3. The zero-order valence-electron chi connectivity index (χ0n) is 15.8. The van der Waals surface area contributed by atoms with Crippen molar-refractivity contribution >= 4 is 5.91 Å². The maximum atomic E-state index is 12.9. The van der Waals surface area contributed by atoms with E-state index in [1.807, 2.05) is 31.5 Å². The standard InChI is InChI=1S/C20H26FN3O2/c1-20(2,3)24-18(13-17(22-24)14-5-6-14)19(25)23(4)11-12-26-16-9-7-15(21)8-10-16/h7-10,13-14H,5-6,11-12H2,1-4H3. The number of carbonyl (C=O) groups is 1. The van der Waals surface area contributed by atoms with E-state index in [-0.39, 0.29) is 17.3 Å². The number of carbonyl (C=O) groups excluding carboxylic acids is 1. The van der Waals surface area contributed by atoms with Crippen LogP contribution in [0.25, 0.3) is 0 Å². The molecule has 1 fully saturated rings. The highest BCUT2D eigenvalue weighted by atomic mass is 19.1. The Morgan fingerprint density at radius 3 is 2.54 bits per heavy atom. The molecule has 0 bridgehead atoms. The van der Waals surface area contributed by atoms with E-state index in [1.54, 1.807) is 24.1 Å². The van der Waals surface area contributed by atoms with Gasteiger partial charge < -0.3 is 9.64 Å². The molecule has 3 rings (SSSR count). The molecule has 0 spiro atoms. The first-order chi connectivity index (χ1) is 12.3. The van der Waals surface area contributed by atoms with Gasteiger partial charge >= 0.3 is 0 Å². The van der Waals surface area contributed by atoms with Crippen LogP contribution < -0.4 is 4.74 Å². The van der Waals surface area contributed by atoms with E-state index in [0.29, 0.717) is 30.5 Å². The number of aromatic nitrogens is 2. The van der Waals surface area contributed by atoms with Gasteiger partial charge in [-0.1, -0.05) is 0 Å². The summed E-state index contributed by atoms with van der Waals surface area (Å²) in [4.78, 5) is 14.6. The minimum atomic E-state index is -0.299. The largest absolute Gasteiger partial charge is 0.492 e. The van der Waals surface area contributed by atoms with Gasteiger partial charge in [-0.3, -0.25) is 9.48 Å². The van der Waals surface area contributed by atoms with Crippen LogP contribution in [0.3, 0.4) is 0 Å². The van der Waals surface area contributed by atoms with Crippen molar-refractivity contribution in [3.05, 3.63) is 47.5 Å². The first-order valence-electron chi connectivity index (χ1n) is 9.00. The van der Waals surface area contributed by atoms with Crippen LogP contribution in [0.1, 0.15) is 55.7 Å². The number of benzene rings is 1. The number of halogens is 1. The van der Waals surface area contributed by atoms with Crippen LogP contribution in [-0.4, -0.2) is 40.8 Å². The van der Waals surface area contributed by atoms with Crippen molar-refractivity contribution in [1.82, 2.24) is 14.7 Å². The summed E-state index contributed by atoms with van der Waals surface area (Å²) in [6.45, 7) is 6.92. The van der Waals surface area contributed by atoms with E-state index in [2.05, 4.69) is 5.10 Å². The second-order valence-corrected chi connectivity index (χ2v) is 7.84. The molecule has 0 N–H and O–H groups in total. The van der Waals surface area contributed by atoms with Crippen molar-refractivity contribution in [2.75, 3.05) is 20.2 Å². The van der Waals surface area contributed by atoms with Crippen molar-refractivity contribution in [3.63, 3.8) is 0 Å². The summed E-state index contributed by atoms with van der Waals surface area (Å²) in [5, 5.41) is 4.69. The second kappa shape index (κ2) is 7.09. The second-order valence-electron chi connectivity index (χ2n) is 7.84. The monoisotopic (exact) mass is 359 g/mol. The minimum Gasteiger partial charge on any atom is -0.492 e. The molecule has 2 aromatic rings. The molecular weight excluding hydrogens is 333 g/mol. The lowest BCUT2D eigenvalue weighted by molar-refractivity contribution is 0.0753. The Hall–Kier alpha value is -2.37. The van der Waals surface area contributed by atoms with Crippen LogP contribution in [0.4, 0.5) is 4.39 Å². The van der Waals surface area contributed by atoms with Gasteiger partial charge in [0.25, 0.3) is 5.91 Å². The van der Waals surface area contributed by atoms with Crippen molar-refractivity contribution in [1.29, 1.82) is 0 Å². The fraction of sp³-hybridized carbons (Fsp3) is 0.500. The van der Waals surface area contributed by atoms with Gasteiger partial charge in [-0.15, -0.1) is 0 Å². The molecular formula is C20H26FN3O2. The lowest BCUT2D eigenvalue weighted by Crippen LogP contribution is -2.35. The maximum Gasteiger partial charge on any atom is 0.272 e.